The number of methoxy groups -OCH3 is 2. The highest BCUT2D eigenvalue weighted by molar-refractivity contribution is 5.78. The Bertz CT molecular complexity index is 444. The third kappa shape index (κ3) is 4.44. The zero-order valence-corrected chi connectivity index (χ0v) is 11.9. The van der Waals surface area contributed by atoms with Crippen LogP contribution in [0.5, 0.6) is 11.5 Å². The molecule has 0 fully saturated rings. The van der Waals surface area contributed by atoms with Crippen molar-refractivity contribution in [2.75, 3.05) is 20.8 Å². The van der Waals surface area contributed by atoms with Gasteiger partial charge >= 0.3 is 0 Å². The second kappa shape index (κ2) is 6.43. The van der Waals surface area contributed by atoms with Crippen LogP contribution in [0.15, 0.2) is 18.2 Å². The van der Waals surface area contributed by atoms with Crippen molar-refractivity contribution in [1.82, 2.24) is 5.32 Å². The molecule has 5 nitrogen and oxygen atoms in total. The molecule has 1 aromatic rings. The molecule has 0 bridgehead atoms. The van der Waals surface area contributed by atoms with Gasteiger partial charge in [0.1, 0.15) is 11.5 Å². The lowest BCUT2D eigenvalue weighted by Gasteiger charge is -2.27. The minimum absolute atomic E-state index is 0.0152. The van der Waals surface area contributed by atoms with E-state index < -0.39 is 5.54 Å². The second-order valence-electron chi connectivity index (χ2n) is 4.99. The zero-order valence-electron chi connectivity index (χ0n) is 11.9. The van der Waals surface area contributed by atoms with Crippen LogP contribution in [0.1, 0.15) is 19.4 Å². The first-order valence-corrected chi connectivity index (χ1v) is 6.14. The van der Waals surface area contributed by atoms with Gasteiger partial charge in [-0.25, -0.2) is 0 Å². The summed E-state index contributed by atoms with van der Waals surface area (Å²) in [6.45, 7) is 3.87. The Morgan fingerprint density at radius 3 is 2.53 bits per heavy atom. The molecule has 0 atom stereocenters. The van der Waals surface area contributed by atoms with Crippen LogP contribution in [0.2, 0.25) is 0 Å². The van der Waals surface area contributed by atoms with Gasteiger partial charge in [-0.3, -0.25) is 4.79 Å². The quantitative estimate of drug-likeness (QED) is 0.808. The van der Waals surface area contributed by atoms with E-state index in [4.69, 9.17) is 15.2 Å². The maximum absolute atomic E-state index is 11.4. The van der Waals surface area contributed by atoms with Gasteiger partial charge in [0.15, 0.2) is 0 Å². The number of carbonyl (C=O) groups is 1. The molecule has 1 rings (SSSR count). The molecule has 5 heteroatoms. The molecule has 0 spiro atoms. The molecule has 0 aliphatic heterocycles. The molecule has 1 aromatic carbocycles. The number of amides is 1. The first-order chi connectivity index (χ1) is 8.91. The lowest BCUT2D eigenvalue weighted by Crippen LogP contribution is -2.47. The lowest BCUT2D eigenvalue weighted by atomic mass is 9.94. The molecule has 19 heavy (non-hydrogen) atoms. The number of benzene rings is 1. The summed E-state index contributed by atoms with van der Waals surface area (Å²) in [6.07, 6.45) is 0.624. The minimum Gasteiger partial charge on any atom is -0.497 e. The van der Waals surface area contributed by atoms with Gasteiger partial charge in [-0.05, 0) is 38.5 Å². The first kappa shape index (κ1) is 15.3. The average molecular weight is 266 g/mol. The van der Waals surface area contributed by atoms with Crippen LogP contribution < -0.4 is 20.5 Å². The molecule has 0 aliphatic carbocycles. The van der Waals surface area contributed by atoms with E-state index in [9.17, 15) is 4.79 Å². The molecule has 0 unspecified atom stereocenters. The van der Waals surface area contributed by atoms with Gasteiger partial charge in [-0.1, -0.05) is 0 Å². The third-order valence-electron chi connectivity index (χ3n) is 2.78. The fourth-order valence-corrected chi connectivity index (χ4v) is 1.97. The smallest absolute Gasteiger partial charge is 0.234 e. The van der Waals surface area contributed by atoms with Crippen molar-refractivity contribution in [2.45, 2.75) is 25.8 Å². The standard InChI is InChI=1S/C14H22N2O3/c1-14(2,16-13(17)9-15)8-10-7-11(18-3)5-6-12(10)19-4/h5-7H,8-9,15H2,1-4H3,(H,16,17). The van der Waals surface area contributed by atoms with Gasteiger partial charge < -0.3 is 20.5 Å². The van der Waals surface area contributed by atoms with Gasteiger partial charge in [0.25, 0.3) is 0 Å². The number of carbonyl (C=O) groups excluding carboxylic acids is 1. The Labute approximate surface area is 114 Å². The average Bonchev–Trinajstić information content (AvgIpc) is 2.37. The summed E-state index contributed by atoms with van der Waals surface area (Å²) < 4.78 is 10.5. The van der Waals surface area contributed by atoms with Crippen LogP contribution in [0.25, 0.3) is 0 Å². The third-order valence-corrected chi connectivity index (χ3v) is 2.78. The van der Waals surface area contributed by atoms with E-state index in [0.717, 1.165) is 17.1 Å². The molecule has 0 saturated carbocycles. The molecular formula is C14H22N2O3. The highest BCUT2D eigenvalue weighted by atomic mass is 16.5. The van der Waals surface area contributed by atoms with Crippen LogP contribution >= 0.6 is 0 Å². The Morgan fingerprint density at radius 2 is 2.00 bits per heavy atom. The van der Waals surface area contributed by atoms with Crippen LogP contribution in [-0.2, 0) is 11.2 Å². The molecule has 0 heterocycles. The molecule has 3 N–H and O–H groups in total. The summed E-state index contributed by atoms with van der Waals surface area (Å²) in [4.78, 5) is 11.4. The van der Waals surface area contributed by atoms with Crippen molar-refractivity contribution in [3.05, 3.63) is 23.8 Å². The number of rotatable bonds is 6. The van der Waals surface area contributed by atoms with Crippen molar-refractivity contribution in [1.29, 1.82) is 0 Å². The highest BCUT2D eigenvalue weighted by Gasteiger charge is 2.22. The summed E-state index contributed by atoms with van der Waals surface area (Å²) in [5.74, 6) is 1.36. The van der Waals surface area contributed by atoms with Crippen molar-refractivity contribution in [3.8, 4) is 11.5 Å². The van der Waals surface area contributed by atoms with Crippen LogP contribution in [0.3, 0.4) is 0 Å². The maximum Gasteiger partial charge on any atom is 0.234 e. The summed E-state index contributed by atoms with van der Waals surface area (Å²) in [5.41, 5.74) is 5.89. The summed E-state index contributed by atoms with van der Waals surface area (Å²) >= 11 is 0. The fourth-order valence-electron chi connectivity index (χ4n) is 1.97. The van der Waals surface area contributed by atoms with E-state index in [1.165, 1.54) is 0 Å². The molecule has 1 amide bonds. The maximum atomic E-state index is 11.4. The number of nitrogens with two attached hydrogens (primary N) is 1. The van der Waals surface area contributed by atoms with E-state index >= 15 is 0 Å². The molecule has 106 valence electrons. The van der Waals surface area contributed by atoms with Crippen LogP contribution in [-0.4, -0.2) is 32.2 Å². The van der Waals surface area contributed by atoms with Crippen LogP contribution in [0.4, 0.5) is 0 Å². The van der Waals surface area contributed by atoms with Crippen LogP contribution in [0, 0.1) is 0 Å². The largest absolute Gasteiger partial charge is 0.497 e. The van der Waals surface area contributed by atoms with Gasteiger partial charge in [0.2, 0.25) is 5.91 Å². The molecular weight excluding hydrogens is 244 g/mol. The van der Waals surface area contributed by atoms with E-state index in [1.54, 1.807) is 14.2 Å². The number of nitrogens with one attached hydrogen (secondary N) is 1. The SMILES string of the molecule is COc1ccc(OC)c(CC(C)(C)NC(=O)CN)c1. The number of ether oxygens (including phenoxy) is 2. The van der Waals surface area contributed by atoms with Crippen molar-refractivity contribution in [2.24, 2.45) is 5.73 Å². The Morgan fingerprint density at radius 1 is 1.32 bits per heavy atom. The predicted octanol–water partition coefficient (Wildman–Crippen LogP) is 1.10. The molecule has 0 aliphatic rings. The topological polar surface area (TPSA) is 73.6 Å². The van der Waals surface area contributed by atoms with Gasteiger partial charge in [-0.15, -0.1) is 0 Å². The van der Waals surface area contributed by atoms with Crippen molar-refractivity contribution in [3.63, 3.8) is 0 Å². The molecule has 0 radical (unpaired) electrons. The zero-order chi connectivity index (χ0) is 14.5. The fraction of sp³-hybridized carbons (Fsp3) is 0.500. The monoisotopic (exact) mass is 266 g/mol. The van der Waals surface area contributed by atoms with Crippen molar-refractivity contribution >= 4 is 5.91 Å². The lowest BCUT2D eigenvalue weighted by molar-refractivity contribution is -0.121. The van der Waals surface area contributed by atoms with E-state index in [0.29, 0.717) is 6.42 Å². The summed E-state index contributed by atoms with van der Waals surface area (Å²) in [6, 6.07) is 5.61. The Hall–Kier alpha value is -1.75. The molecule has 0 saturated heterocycles. The van der Waals surface area contributed by atoms with Gasteiger partial charge in [0.05, 0.1) is 20.8 Å². The summed E-state index contributed by atoms with van der Waals surface area (Å²) in [7, 11) is 3.24. The predicted molar refractivity (Wildman–Crippen MR) is 74.5 cm³/mol. The summed E-state index contributed by atoms with van der Waals surface area (Å²) in [5, 5.41) is 2.88. The van der Waals surface area contributed by atoms with E-state index in [-0.39, 0.29) is 12.5 Å². The Kier molecular flexibility index (Phi) is 5.18. The van der Waals surface area contributed by atoms with Gasteiger partial charge in [0, 0.05) is 11.1 Å². The highest BCUT2D eigenvalue weighted by Crippen LogP contribution is 2.27. The van der Waals surface area contributed by atoms with Crippen molar-refractivity contribution < 1.29 is 14.3 Å². The number of hydrogen-bond acceptors (Lipinski definition) is 4. The van der Waals surface area contributed by atoms with E-state index in [2.05, 4.69) is 5.32 Å². The second-order valence-corrected chi connectivity index (χ2v) is 4.99. The minimum atomic E-state index is -0.407. The van der Waals surface area contributed by atoms with Gasteiger partial charge in [-0.2, -0.15) is 0 Å². The first-order valence-electron chi connectivity index (χ1n) is 6.14. The number of hydrogen-bond donors (Lipinski definition) is 2. The molecule has 0 aromatic heterocycles. The van der Waals surface area contributed by atoms with E-state index in [1.807, 2.05) is 32.0 Å². The normalized spacial score (nSPS) is 11.0. The Balaban J connectivity index is 2.93.